The highest BCUT2D eigenvalue weighted by Crippen LogP contribution is 2.29. The summed E-state index contributed by atoms with van der Waals surface area (Å²) in [5.41, 5.74) is 6.33. The van der Waals surface area contributed by atoms with E-state index in [0.717, 1.165) is 43.1 Å². The fraction of sp³-hybridized carbons (Fsp3) is 0.222. The highest BCUT2D eigenvalue weighted by atomic mass is 15.3. The van der Waals surface area contributed by atoms with Crippen LogP contribution in [0.25, 0.3) is 23.7 Å². The smallest absolute Gasteiger partial charge is 0.226 e. The highest BCUT2D eigenvalue weighted by Gasteiger charge is 2.22. The normalized spacial score (nSPS) is 12.9. The summed E-state index contributed by atoms with van der Waals surface area (Å²) in [7, 11) is 4.16. The number of nitrogens with one attached hydrogen (secondary N) is 1. The van der Waals surface area contributed by atoms with E-state index in [9.17, 15) is 0 Å². The third kappa shape index (κ3) is 5.67. The zero-order valence-electron chi connectivity index (χ0n) is 20.0. The number of rotatable bonds is 8. The lowest BCUT2D eigenvalue weighted by molar-refractivity contribution is 0.425. The summed E-state index contributed by atoms with van der Waals surface area (Å²) in [6.45, 7) is 3.47. The van der Waals surface area contributed by atoms with Gasteiger partial charge in [0.15, 0.2) is 5.82 Å². The number of likely N-dealkylation sites (N-methyl/N-ethyl adjacent to an activating group) is 1. The van der Waals surface area contributed by atoms with E-state index in [-0.39, 0.29) is 0 Å². The Morgan fingerprint density at radius 1 is 0.886 bits per heavy atom. The standard InChI is InChI=1S/C27H28N8/c1-34(2)16-15-29-24-6-4-21-18-35(19-22(21)17-24)27-31-14-10-25(33-27)26-30-13-9-23(32-26)5-3-20-7-11-28-12-8-20/h3-14,17,29H,15-16,18-19H2,1-2H3/b5-3+. The molecule has 8 nitrogen and oxygen atoms in total. The summed E-state index contributed by atoms with van der Waals surface area (Å²) in [6.07, 6.45) is 11.0. The second-order valence-electron chi connectivity index (χ2n) is 8.73. The van der Waals surface area contributed by atoms with Gasteiger partial charge in [0.2, 0.25) is 5.95 Å². The van der Waals surface area contributed by atoms with Crippen LogP contribution in [0.3, 0.4) is 0 Å². The van der Waals surface area contributed by atoms with Crippen molar-refractivity contribution in [2.75, 3.05) is 37.4 Å². The van der Waals surface area contributed by atoms with E-state index in [4.69, 9.17) is 4.98 Å². The Morgan fingerprint density at radius 2 is 1.71 bits per heavy atom. The number of hydrogen-bond acceptors (Lipinski definition) is 8. The SMILES string of the molecule is CN(C)CCNc1ccc2c(c1)CN(c1nccc(-c3nccc(/C=C/c4ccncc4)n3)n1)C2. The molecule has 0 saturated heterocycles. The van der Waals surface area contributed by atoms with Crippen LogP contribution in [-0.4, -0.2) is 57.0 Å². The van der Waals surface area contributed by atoms with Crippen LogP contribution in [0.15, 0.2) is 67.3 Å². The number of pyridine rings is 1. The van der Waals surface area contributed by atoms with E-state index in [2.05, 4.69) is 67.3 Å². The zero-order valence-corrected chi connectivity index (χ0v) is 20.0. The van der Waals surface area contributed by atoms with Gasteiger partial charge in [0.05, 0.1) is 5.69 Å². The van der Waals surface area contributed by atoms with Gasteiger partial charge in [-0.25, -0.2) is 19.9 Å². The van der Waals surface area contributed by atoms with Gasteiger partial charge in [-0.15, -0.1) is 0 Å². The van der Waals surface area contributed by atoms with Crippen molar-refractivity contribution in [3.63, 3.8) is 0 Å². The van der Waals surface area contributed by atoms with E-state index in [1.807, 2.05) is 36.4 Å². The molecule has 5 rings (SSSR count). The van der Waals surface area contributed by atoms with E-state index >= 15 is 0 Å². The van der Waals surface area contributed by atoms with Crippen molar-refractivity contribution in [3.8, 4) is 11.5 Å². The molecule has 3 aromatic heterocycles. The predicted octanol–water partition coefficient (Wildman–Crippen LogP) is 3.99. The Labute approximate surface area is 205 Å². The van der Waals surface area contributed by atoms with Crippen LogP contribution in [0, 0.1) is 0 Å². The Morgan fingerprint density at radius 3 is 2.57 bits per heavy atom. The molecule has 1 aliphatic heterocycles. The topological polar surface area (TPSA) is 83.0 Å². The zero-order chi connectivity index (χ0) is 24.0. The first kappa shape index (κ1) is 22.6. The van der Waals surface area contributed by atoms with Gasteiger partial charge < -0.3 is 15.1 Å². The van der Waals surface area contributed by atoms with Gasteiger partial charge in [0.1, 0.15) is 5.69 Å². The van der Waals surface area contributed by atoms with Crippen molar-refractivity contribution in [1.29, 1.82) is 0 Å². The highest BCUT2D eigenvalue weighted by molar-refractivity contribution is 5.68. The molecule has 176 valence electrons. The van der Waals surface area contributed by atoms with E-state index in [1.54, 1.807) is 24.8 Å². The Bertz CT molecular complexity index is 1320. The Hall–Kier alpha value is -4.17. The van der Waals surface area contributed by atoms with Crippen molar-refractivity contribution < 1.29 is 0 Å². The minimum Gasteiger partial charge on any atom is -0.384 e. The number of fused-ring (bicyclic) bond motifs is 1. The van der Waals surface area contributed by atoms with Crippen molar-refractivity contribution >= 4 is 23.8 Å². The van der Waals surface area contributed by atoms with Gasteiger partial charge >= 0.3 is 0 Å². The van der Waals surface area contributed by atoms with Crippen molar-refractivity contribution in [2.45, 2.75) is 13.1 Å². The fourth-order valence-electron chi connectivity index (χ4n) is 3.94. The molecule has 1 N–H and O–H groups in total. The van der Waals surface area contributed by atoms with Gasteiger partial charge in [0, 0.05) is 56.7 Å². The van der Waals surface area contributed by atoms with Gasteiger partial charge in [0.25, 0.3) is 0 Å². The van der Waals surface area contributed by atoms with E-state index in [0.29, 0.717) is 17.5 Å². The van der Waals surface area contributed by atoms with Gasteiger partial charge in [-0.3, -0.25) is 4.98 Å². The molecule has 0 spiro atoms. The molecule has 35 heavy (non-hydrogen) atoms. The molecule has 0 fully saturated rings. The quantitative estimate of drug-likeness (QED) is 0.419. The Balaban J connectivity index is 1.30. The first-order valence-corrected chi connectivity index (χ1v) is 11.6. The van der Waals surface area contributed by atoms with Crippen molar-refractivity contribution in [2.24, 2.45) is 0 Å². The molecule has 1 aliphatic rings. The average molecular weight is 465 g/mol. The van der Waals surface area contributed by atoms with E-state index in [1.165, 1.54) is 11.1 Å². The molecule has 0 atom stereocenters. The molecule has 1 aromatic carbocycles. The van der Waals surface area contributed by atoms with Crippen molar-refractivity contribution in [1.82, 2.24) is 29.8 Å². The lowest BCUT2D eigenvalue weighted by atomic mass is 10.1. The maximum absolute atomic E-state index is 4.80. The van der Waals surface area contributed by atoms with Crippen molar-refractivity contribution in [3.05, 3.63) is 89.6 Å². The second kappa shape index (κ2) is 10.4. The first-order valence-electron chi connectivity index (χ1n) is 11.6. The monoisotopic (exact) mass is 464 g/mol. The molecule has 4 heterocycles. The summed E-state index contributed by atoms with van der Waals surface area (Å²) in [5, 5.41) is 3.50. The van der Waals surface area contributed by atoms with Crippen LogP contribution in [0.1, 0.15) is 22.4 Å². The molecule has 0 amide bonds. The molecular weight excluding hydrogens is 436 g/mol. The van der Waals surface area contributed by atoms with Gasteiger partial charge in [-0.05, 0) is 73.3 Å². The van der Waals surface area contributed by atoms with Gasteiger partial charge in [-0.2, -0.15) is 0 Å². The largest absolute Gasteiger partial charge is 0.384 e. The maximum atomic E-state index is 4.80. The van der Waals surface area contributed by atoms with Crippen LogP contribution in [0.2, 0.25) is 0 Å². The van der Waals surface area contributed by atoms with Crippen LogP contribution < -0.4 is 10.2 Å². The molecule has 0 bridgehead atoms. The summed E-state index contributed by atoms with van der Waals surface area (Å²) < 4.78 is 0. The molecule has 8 heteroatoms. The first-order chi connectivity index (χ1) is 17.1. The van der Waals surface area contributed by atoms with Crippen LogP contribution in [0.4, 0.5) is 11.6 Å². The molecule has 0 aliphatic carbocycles. The third-order valence-corrected chi connectivity index (χ3v) is 5.80. The third-order valence-electron chi connectivity index (χ3n) is 5.80. The minimum atomic E-state index is 0.578. The number of nitrogens with zero attached hydrogens (tertiary/aromatic N) is 7. The summed E-state index contributed by atoms with van der Waals surface area (Å²) >= 11 is 0. The molecule has 0 radical (unpaired) electrons. The van der Waals surface area contributed by atoms with Crippen LogP contribution in [-0.2, 0) is 13.1 Å². The number of anilines is 2. The summed E-state index contributed by atoms with van der Waals surface area (Å²) in [4.78, 5) is 26.9. The second-order valence-corrected chi connectivity index (χ2v) is 8.73. The number of aromatic nitrogens is 5. The fourth-order valence-corrected chi connectivity index (χ4v) is 3.94. The summed E-state index contributed by atoms with van der Waals surface area (Å²) in [5.74, 6) is 1.26. The van der Waals surface area contributed by atoms with E-state index < -0.39 is 0 Å². The average Bonchev–Trinajstić information content (AvgIpc) is 3.32. The van der Waals surface area contributed by atoms with Crippen LogP contribution in [0.5, 0.6) is 0 Å². The molecule has 0 unspecified atom stereocenters. The molecular formula is C27H28N8. The lowest BCUT2D eigenvalue weighted by Crippen LogP contribution is -2.20. The molecule has 0 saturated carbocycles. The summed E-state index contributed by atoms with van der Waals surface area (Å²) in [6, 6.07) is 14.2. The maximum Gasteiger partial charge on any atom is 0.226 e. The predicted molar refractivity (Wildman–Crippen MR) is 140 cm³/mol. The van der Waals surface area contributed by atoms with Gasteiger partial charge in [-0.1, -0.05) is 12.1 Å². The minimum absolute atomic E-state index is 0.578. The number of hydrogen-bond donors (Lipinski definition) is 1. The number of benzene rings is 1. The Kier molecular flexibility index (Phi) is 6.72. The van der Waals surface area contributed by atoms with Crippen LogP contribution >= 0.6 is 0 Å². The lowest BCUT2D eigenvalue weighted by Gasteiger charge is -2.15. The molecule has 4 aromatic rings.